The van der Waals surface area contributed by atoms with Crippen LogP contribution in [0.15, 0.2) is 24.3 Å². The van der Waals surface area contributed by atoms with Crippen molar-refractivity contribution in [1.82, 2.24) is 0 Å². The molecule has 0 saturated carbocycles. The summed E-state index contributed by atoms with van der Waals surface area (Å²) < 4.78 is 0. The maximum Gasteiger partial charge on any atom is 2.00 e. The Morgan fingerprint density at radius 3 is 2.80 bits per heavy atom. The quantitative estimate of drug-likeness (QED) is 0.620. The maximum atomic E-state index is 9.72. The molecule has 0 spiro atoms. The fraction of sp³-hybridized carbons (Fsp3) is 0. The third kappa shape index (κ3) is 3.05. The van der Waals surface area contributed by atoms with Crippen molar-refractivity contribution in [2.45, 2.75) is 0 Å². The number of para-hydroxylation sites is 1. The fourth-order valence-corrected chi connectivity index (χ4v) is 0.526. The number of hydrogen-bond donors (Lipinski definition) is 1. The fourth-order valence-electron chi connectivity index (χ4n) is 0.526. The summed E-state index contributed by atoms with van der Waals surface area (Å²) in [7, 11) is 0. The van der Waals surface area contributed by atoms with E-state index in [9.17, 15) is 4.79 Å². The normalized spacial score (nSPS) is 7.60. The van der Waals surface area contributed by atoms with Crippen LogP contribution >= 0.6 is 0 Å². The van der Waals surface area contributed by atoms with Crippen molar-refractivity contribution in [1.29, 1.82) is 0 Å². The van der Waals surface area contributed by atoms with Gasteiger partial charge in [0.2, 0.25) is 0 Å². The van der Waals surface area contributed by atoms with Crippen LogP contribution in [0.5, 0.6) is 0 Å². The molecule has 0 fully saturated rings. The summed E-state index contributed by atoms with van der Waals surface area (Å²) in [5, 5.41) is 2.35. The second-order valence-electron chi connectivity index (χ2n) is 1.50. The Bertz CT molecular complexity index is 188. The van der Waals surface area contributed by atoms with Crippen LogP contribution < -0.4 is 5.32 Å². The average molecular weight is 357 g/mol. The third-order valence-electron chi connectivity index (χ3n) is 0.895. The zero-order valence-corrected chi connectivity index (χ0v) is 9.38. The van der Waals surface area contributed by atoms with Crippen molar-refractivity contribution in [3.63, 3.8) is 0 Å². The SMILES string of the molecule is O=[C-]Nc1[c-]cccc1.[U+2]. The van der Waals surface area contributed by atoms with E-state index in [1.165, 1.54) is 0 Å². The van der Waals surface area contributed by atoms with Gasteiger partial charge in [0.1, 0.15) is 0 Å². The molecule has 2 nitrogen and oxygen atoms in total. The van der Waals surface area contributed by atoms with Gasteiger partial charge in [-0.1, -0.05) is 0 Å². The predicted octanol–water partition coefficient (Wildman–Crippen LogP) is 0.966. The molecule has 0 atom stereocenters. The first-order valence-corrected chi connectivity index (χ1v) is 2.53. The van der Waals surface area contributed by atoms with Gasteiger partial charge in [-0.05, 0) is 0 Å². The molecule has 1 aromatic carbocycles. The van der Waals surface area contributed by atoms with Gasteiger partial charge in [-0.25, -0.2) is 11.8 Å². The molecule has 0 radical (unpaired) electrons. The van der Waals surface area contributed by atoms with E-state index in [0.29, 0.717) is 5.69 Å². The molecule has 0 aliphatic carbocycles. The summed E-state index contributed by atoms with van der Waals surface area (Å²) in [5.74, 6) is 0. The Labute approximate surface area is 83.4 Å². The Kier molecular flexibility index (Phi) is 5.38. The Hall–Kier alpha value is -0.258. The molecule has 1 N–H and O–H groups in total. The smallest absolute Gasteiger partial charge is 0.511 e. The van der Waals surface area contributed by atoms with Gasteiger partial charge in [-0.3, -0.25) is 6.07 Å². The number of benzene rings is 1. The number of rotatable bonds is 2. The molecule has 0 heterocycles. The molecule has 0 saturated heterocycles. The molecule has 48 valence electrons. The van der Waals surface area contributed by atoms with Gasteiger partial charge in [0, 0.05) is 0 Å². The molecular weight excluding hydrogens is 352 g/mol. The summed E-state index contributed by atoms with van der Waals surface area (Å²) in [5.41, 5.74) is 0.646. The minimum absolute atomic E-state index is 0. The molecule has 1 rings (SSSR count). The first-order chi connectivity index (χ1) is 4.43. The van der Waals surface area contributed by atoms with E-state index in [1.54, 1.807) is 18.5 Å². The molecule has 10 heavy (non-hydrogen) atoms. The van der Waals surface area contributed by atoms with E-state index in [0.717, 1.165) is 0 Å². The largest absolute Gasteiger partial charge is 2.00 e. The van der Waals surface area contributed by atoms with Crippen LogP contribution in [0.2, 0.25) is 0 Å². The molecule has 3 heteroatoms. The monoisotopic (exact) mass is 357 g/mol. The first-order valence-electron chi connectivity index (χ1n) is 2.53. The maximum absolute atomic E-state index is 9.72. The number of hydrogen-bond acceptors (Lipinski definition) is 1. The molecule has 1 aromatic rings. The summed E-state index contributed by atoms with van der Waals surface area (Å²) >= 11 is 0. The van der Waals surface area contributed by atoms with E-state index in [-0.39, 0.29) is 31.1 Å². The van der Waals surface area contributed by atoms with Crippen LogP contribution in [-0.2, 0) is 4.79 Å². The van der Waals surface area contributed by atoms with E-state index in [1.807, 2.05) is 12.1 Å². The van der Waals surface area contributed by atoms with Crippen molar-refractivity contribution in [2.75, 3.05) is 5.32 Å². The average Bonchev–Trinajstić information content (AvgIpc) is 1.91. The van der Waals surface area contributed by atoms with Crippen molar-refractivity contribution in [3.05, 3.63) is 30.3 Å². The van der Waals surface area contributed by atoms with Crippen LogP contribution in [0.25, 0.3) is 0 Å². The Morgan fingerprint density at radius 1 is 1.50 bits per heavy atom. The summed E-state index contributed by atoms with van der Waals surface area (Å²) in [4.78, 5) is 9.72. The van der Waals surface area contributed by atoms with Crippen molar-refractivity contribution in [3.8, 4) is 0 Å². The topological polar surface area (TPSA) is 29.1 Å². The Morgan fingerprint density at radius 2 is 2.30 bits per heavy atom. The number of amides is 1. The molecule has 0 aliphatic rings. The molecule has 1 amide bonds. The van der Waals surface area contributed by atoms with Gasteiger partial charge in [0.15, 0.2) is 0 Å². The predicted molar refractivity (Wildman–Crippen MR) is 34.6 cm³/mol. The van der Waals surface area contributed by atoms with Crippen LogP contribution in [-0.4, -0.2) is 6.41 Å². The van der Waals surface area contributed by atoms with E-state index >= 15 is 0 Å². The molecular formula is C7H5NOU. The van der Waals surface area contributed by atoms with Gasteiger partial charge in [-0.15, -0.1) is 0 Å². The number of anilines is 1. The Balaban J connectivity index is 0.000000810. The van der Waals surface area contributed by atoms with Crippen LogP contribution in [0.3, 0.4) is 0 Å². The van der Waals surface area contributed by atoms with Crippen molar-refractivity contribution in [2.24, 2.45) is 0 Å². The van der Waals surface area contributed by atoms with Crippen molar-refractivity contribution < 1.29 is 35.9 Å². The standard InChI is InChI=1S/C7H5NO.U/c9-6-8-7-4-2-1-3-5-7;/h1-4H,(H,8,9);/q-2;+2. The molecule has 0 aliphatic heterocycles. The zero-order chi connectivity index (χ0) is 6.53. The van der Waals surface area contributed by atoms with E-state index < -0.39 is 0 Å². The minimum Gasteiger partial charge on any atom is -0.511 e. The van der Waals surface area contributed by atoms with Gasteiger partial charge in [0.25, 0.3) is 0 Å². The molecule has 0 bridgehead atoms. The molecule has 0 aromatic heterocycles. The second kappa shape index (κ2) is 5.52. The van der Waals surface area contributed by atoms with Gasteiger partial charge < -0.3 is 10.1 Å². The first kappa shape index (κ1) is 9.74. The summed E-state index contributed by atoms with van der Waals surface area (Å²) in [6.07, 6.45) is 1.55. The molecule has 0 unspecified atom stereocenters. The van der Waals surface area contributed by atoms with Crippen LogP contribution in [0.1, 0.15) is 0 Å². The van der Waals surface area contributed by atoms with Crippen LogP contribution in [0, 0.1) is 37.2 Å². The van der Waals surface area contributed by atoms with E-state index in [2.05, 4.69) is 11.4 Å². The number of nitrogens with one attached hydrogen (secondary N) is 1. The minimum atomic E-state index is 0. The van der Waals surface area contributed by atoms with Crippen LogP contribution in [0.4, 0.5) is 5.69 Å². The van der Waals surface area contributed by atoms with Crippen molar-refractivity contribution >= 4 is 12.1 Å². The van der Waals surface area contributed by atoms with E-state index in [4.69, 9.17) is 0 Å². The second-order valence-corrected chi connectivity index (χ2v) is 1.50. The van der Waals surface area contributed by atoms with Gasteiger partial charge in [-0.2, -0.15) is 18.2 Å². The van der Waals surface area contributed by atoms with Gasteiger partial charge >= 0.3 is 31.1 Å². The zero-order valence-electron chi connectivity index (χ0n) is 5.22. The third-order valence-corrected chi connectivity index (χ3v) is 0.895. The summed E-state index contributed by atoms with van der Waals surface area (Å²) in [6, 6.07) is 9.90. The van der Waals surface area contributed by atoms with Gasteiger partial charge in [0.05, 0.1) is 6.41 Å². The summed E-state index contributed by atoms with van der Waals surface area (Å²) in [6.45, 7) is 0. The number of carbonyl (C=O) groups excluding carboxylic acids is 1.